The summed E-state index contributed by atoms with van der Waals surface area (Å²) >= 11 is 4.54. The highest BCUT2D eigenvalue weighted by Crippen LogP contribution is 2.40. The predicted molar refractivity (Wildman–Crippen MR) is 143 cm³/mol. The first-order valence-corrected chi connectivity index (χ1v) is 12.9. The fourth-order valence-electron chi connectivity index (χ4n) is 3.77. The number of benzene rings is 3. The molecule has 35 heavy (non-hydrogen) atoms. The molecule has 0 aliphatic carbocycles. The smallest absolute Gasteiger partial charge is 0.293 e. The van der Waals surface area contributed by atoms with Crippen LogP contribution in [-0.2, 0) is 16.1 Å². The normalized spacial score (nSPS) is 14.8. The summed E-state index contributed by atoms with van der Waals surface area (Å²) in [4.78, 5) is 26.7. The van der Waals surface area contributed by atoms with Gasteiger partial charge in [0.1, 0.15) is 6.61 Å². The monoisotopic (exact) mass is 555 g/mol. The minimum absolute atomic E-state index is 0.267. The molecule has 4 rings (SSSR count). The Morgan fingerprint density at radius 2 is 1.83 bits per heavy atom. The van der Waals surface area contributed by atoms with E-state index < -0.39 is 0 Å². The fourth-order valence-corrected chi connectivity index (χ4v) is 5.21. The summed E-state index contributed by atoms with van der Waals surface area (Å²) in [6, 6.07) is 18.1. The molecule has 1 aliphatic heterocycles. The maximum atomic E-state index is 12.7. The van der Waals surface area contributed by atoms with Crippen LogP contribution in [0.5, 0.6) is 11.5 Å². The van der Waals surface area contributed by atoms with Gasteiger partial charge >= 0.3 is 0 Å². The lowest BCUT2D eigenvalue weighted by Crippen LogP contribution is -2.29. The number of nitrogens with zero attached hydrogens (tertiary/aromatic N) is 1. The summed E-state index contributed by atoms with van der Waals surface area (Å²) in [7, 11) is 1.59. The van der Waals surface area contributed by atoms with E-state index in [4.69, 9.17) is 14.2 Å². The standard InChI is InChI=1S/C27H26BrNO5S/c1-3-33-23-15-19(16-24-26(30)29(27(31)35-24)11-6-12-32-2)14-22(28)25(23)34-17-18-9-10-20-7-4-5-8-21(20)13-18/h4-5,7-10,13-16H,3,6,11-12,17H2,1-2H3/b24-16+. The van der Waals surface area contributed by atoms with Crippen molar-refractivity contribution in [2.75, 3.05) is 26.9 Å². The molecule has 0 radical (unpaired) electrons. The summed E-state index contributed by atoms with van der Waals surface area (Å²) < 4.78 is 17.7. The first-order chi connectivity index (χ1) is 17.0. The predicted octanol–water partition coefficient (Wildman–Crippen LogP) is 6.65. The first-order valence-electron chi connectivity index (χ1n) is 11.3. The Labute approximate surface area is 217 Å². The molecule has 1 heterocycles. The van der Waals surface area contributed by atoms with Gasteiger partial charge in [0.15, 0.2) is 11.5 Å². The van der Waals surface area contributed by atoms with E-state index in [-0.39, 0.29) is 11.1 Å². The number of methoxy groups -OCH3 is 1. The van der Waals surface area contributed by atoms with Gasteiger partial charge in [-0.1, -0.05) is 36.4 Å². The van der Waals surface area contributed by atoms with Gasteiger partial charge in [-0.2, -0.15) is 0 Å². The molecule has 1 saturated heterocycles. The highest BCUT2D eigenvalue weighted by atomic mass is 79.9. The van der Waals surface area contributed by atoms with Crippen molar-refractivity contribution in [3.8, 4) is 11.5 Å². The molecule has 1 fully saturated rings. The number of halogens is 1. The quantitative estimate of drug-likeness (QED) is 0.206. The molecule has 3 aromatic rings. The molecule has 0 bridgehead atoms. The van der Waals surface area contributed by atoms with Crippen molar-refractivity contribution in [2.24, 2.45) is 0 Å². The third kappa shape index (κ3) is 6.07. The SMILES string of the molecule is CCOc1cc(/C=C2/SC(=O)N(CCCOC)C2=O)cc(Br)c1OCc1ccc2ccccc2c1. The minimum atomic E-state index is -0.290. The summed E-state index contributed by atoms with van der Waals surface area (Å²) in [5.74, 6) is 0.861. The lowest BCUT2D eigenvalue weighted by molar-refractivity contribution is -0.122. The number of fused-ring (bicyclic) bond motifs is 1. The van der Waals surface area contributed by atoms with Crippen LogP contribution in [0, 0.1) is 0 Å². The van der Waals surface area contributed by atoms with E-state index in [1.807, 2.05) is 37.3 Å². The molecule has 0 unspecified atom stereocenters. The number of hydrogen-bond donors (Lipinski definition) is 0. The van der Waals surface area contributed by atoms with Crippen molar-refractivity contribution in [3.05, 3.63) is 75.1 Å². The molecule has 6 nitrogen and oxygen atoms in total. The molecule has 0 saturated carbocycles. The lowest BCUT2D eigenvalue weighted by Gasteiger charge is -2.15. The number of thioether (sulfide) groups is 1. The number of amides is 2. The van der Waals surface area contributed by atoms with E-state index in [1.54, 1.807) is 13.2 Å². The van der Waals surface area contributed by atoms with Gasteiger partial charge in [0.05, 0.1) is 16.0 Å². The zero-order valence-electron chi connectivity index (χ0n) is 19.6. The van der Waals surface area contributed by atoms with Gasteiger partial charge in [-0.05, 0) is 87.2 Å². The average Bonchev–Trinajstić information content (AvgIpc) is 3.11. The lowest BCUT2D eigenvalue weighted by atomic mass is 10.1. The van der Waals surface area contributed by atoms with Gasteiger partial charge in [0, 0.05) is 20.3 Å². The molecule has 0 spiro atoms. The zero-order chi connectivity index (χ0) is 24.8. The number of ether oxygens (including phenoxy) is 3. The van der Waals surface area contributed by atoms with Crippen molar-refractivity contribution < 1.29 is 23.8 Å². The molecular weight excluding hydrogens is 530 g/mol. The van der Waals surface area contributed by atoms with Crippen molar-refractivity contribution >= 4 is 55.7 Å². The molecule has 2 amide bonds. The number of carbonyl (C=O) groups excluding carboxylic acids is 2. The Kier molecular flexibility index (Phi) is 8.49. The number of carbonyl (C=O) groups is 2. The zero-order valence-corrected chi connectivity index (χ0v) is 22.0. The molecule has 0 aromatic heterocycles. The van der Waals surface area contributed by atoms with Gasteiger partial charge in [0.2, 0.25) is 0 Å². The van der Waals surface area contributed by atoms with Gasteiger partial charge in [-0.25, -0.2) is 0 Å². The Balaban J connectivity index is 1.53. The summed E-state index contributed by atoms with van der Waals surface area (Å²) in [5, 5.41) is 2.07. The maximum Gasteiger partial charge on any atom is 0.293 e. The molecule has 182 valence electrons. The molecule has 8 heteroatoms. The second-order valence-electron chi connectivity index (χ2n) is 7.91. The Morgan fingerprint density at radius 3 is 2.60 bits per heavy atom. The summed E-state index contributed by atoms with van der Waals surface area (Å²) in [5.41, 5.74) is 1.78. The second kappa shape index (κ2) is 11.7. The van der Waals surface area contributed by atoms with E-state index >= 15 is 0 Å². The Morgan fingerprint density at radius 1 is 1.03 bits per heavy atom. The Bertz CT molecular complexity index is 1280. The highest BCUT2D eigenvalue weighted by molar-refractivity contribution is 9.10. The van der Waals surface area contributed by atoms with Crippen LogP contribution in [0.1, 0.15) is 24.5 Å². The number of rotatable bonds is 10. The second-order valence-corrected chi connectivity index (χ2v) is 9.76. The van der Waals surface area contributed by atoms with E-state index in [0.717, 1.165) is 28.3 Å². The van der Waals surface area contributed by atoms with Gasteiger partial charge in [-0.3, -0.25) is 14.5 Å². The number of imide groups is 1. The average molecular weight is 556 g/mol. The first kappa shape index (κ1) is 25.3. The maximum absolute atomic E-state index is 12.7. The van der Waals surface area contributed by atoms with Crippen LogP contribution in [0.25, 0.3) is 16.8 Å². The fraction of sp³-hybridized carbons (Fsp3) is 0.259. The van der Waals surface area contributed by atoms with Gasteiger partial charge < -0.3 is 14.2 Å². The molecule has 3 aromatic carbocycles. The summed E-state index contributed by atoms with van der Waals surface area (Å²) in [6.45, 7) is 3.57. The van der Waals surface area contributed by atoms with Crippen molar-refractivity contribution in [1.29, 1.82) is 0 Å². The Hall–Kier alpha value is -2.81. The van der Waals surface area contributed by atoms with Crippen LogP contribution in [-0.4, -0.2) is 42.9 Å². The minimum Gasteiger partial charge on any atom is -0.490 e. The topological polar surface area (TPSA) is 65.1 Å². The summed E-state index contributed by atoms with van der Waals surface area (Å²) in [6.07, 6.45) is 2.31. The van der Waals surface area contributed by atoms with E-state index in [1.165, 1.54) is 10.3 Å². The van der Waals surface area contributed by atoms with Crippen LogP contribution in [0.2, 0.25) is 0 Å². The molecule has 1 aliphatic rings. The van der Waals surface area contributed by atoms with Crippen molar-refractivity contribution in [1.82, 2.24) is 4.90 Å². The van der Waals surface area contributed by atoms with Crippen LogP contribution in [0.3, 0.4) is 0 Å². The van der Waals surface area contributed by atoms with Crippen molar-refractivity contribution in [2.45, 2.75) is 20.0 Å². The van der Waals surface area contributed by atoms with Crippen LogP contribution < -0.4 is 9.47 Å². The highest BCUT2D eigenvalue weighted by Gasteiger charge is 2.34. The van der Waals surface area contributed by atoms with Crippen LogP contribution in [0.15, 0.2) is 64.0 Å². The molecular formula is C27H26BrNO5S. The van der Waals surface area contributed by atoms with Gasteiger partial charge in [-0.15, -0.1) is 0 Å². The third-order valence-electron chi connectivity index (χ3n) is 5.43. The largest absolute Gasteiger partial charge is 0.490 e. The van der Waals surface area contributed by atoms with Crippen LogP contribution in [0.4, 0.5) is 4.79 Å². The third-order valence-corrected chi connectivity index (χ3v) is 6.93. The number of hydrogen-bond acceptors (Lipinski definition) is 6. The van der Waals surface area contributed by atoms with Crippen molar-refractivity contribution in [3.63, 3.8) is 0 Å². The van der Waals surface area contributed by atoms with Gasteiger partial charge in [0.25, 0.3) is 11.1 Å². The van der Waals surface area contributed by atoms with Crippen LogP contribution >= 0.6 is 27.7 Å². The molecule has 0 N–H and O–H groups in total. The molecule has 0 atom stereocenters. The van der Waals surface area contributed by atoms with E-state index in [2.05, 4.69) is 40.2 Å². The van der Waals surface area contributed by atoms with E-state index in [9.17, 15) is 9.59 Å². The van der Waals surface area contributed by atoms with E-state index in [0.29, 0.717) is 53.7 Å².